The van der Waals surface area contributed by atoms with Crippen LogP contribution in [0.25, 0.3) is 11.3 Å². The average Bonchev–Trinajstić information content (AvgIpc) is 2.81. The van der Waals surface area contributed by atoms with Gasteiger partial charge in [-0.3, -0.25) is 0 Å². The van der Waals surface area contributed by atoms with Crippen molar-refractivity contribution in [2.45, 2.75) is 45.2 Å². The predicted octanol–water partition coefficient (Wildman–Crippen LogP) is 2.95. The number of hydrogen-bond acceptors (Lipinski definition) is 2. The van der Waals surface area contributed by atoms with Crippen molar-refractivity contribution >= 4 is 0 Å². The van der Waals surface area contributed by atoms with E-state index in [1.165, 1.54) is 16.8 Å². The summed E-state index contributed by atoms with van der Waals surface area (Å²) in [6.45, 7) is 5.33. The summed E-state index contributed by atoms with van der Waals surface area (Å²) in [7, 11) is 0. The van der Waals surface area contributed by atoms with E-state index in [0.29, 0.717) is 5.92 Å². The molecule has 2 N–H and O–H groups in total. The van der Waals surface area contributed by atoms with Crippen molar-refractivity contribution in [3.63, 3.8) is 0 Å². The van der Waals surface area contributed by atoms with Crippen LogP contribution in [0.3, 0.4) is 0 Å². The molecule has 1 atom stereocenters. The summed E-state index contributed by atoms with van der Waals surface area (Å²) < 4.78 is 2.21. The number of nitrogens with zero attached hydrogens (tertiary/aromatic N) is 2. The third kappa shape index (κ3) is 2.30. The summed E-state index contributed by atoms with van der Waals surface area (Å²) in [6.07, 6.45) is 4.02. The molecule has 0 radical (unpaired) electrons. The Morgan fingerprint density at radius 3 is 2.68 bits per heavy atom. The predicted molar refractivity (Wildman–Crippen MR) is 78.0 cm³/mol. The second-order valence-electron chi connectivity index (χ2n) is 5.77. The monoisotopic (exact) mass is 255 g/mol. The molecule has 0 aliphatic carbocycles. The van der Waals surface area contributed by atoms with Crippen LogP contribution in [-0.4, -0.2) is 15.6 Å². The molecule has 100 valence electrons. The topological polar surface area (TPSA) is 43.8 Å². The summed E-state index contributed by atoms with van der Waals surface area (Å²) in [4.78, 5) is 4.58. The van der Waals surface area contributed by atoms with Crippen LogP contribution in [0.4, 0.5) is 0 Å². The Hall–Kier alpha value is -1.61. The number of rotatable bonds is 2. The van der Waals surface area contributed by atoms with E-state index < -0.39 is 0 Å². The number of aromatic nitrogens is 2. The molecule has 3 rings (SSSR count). The molecule has 1 aliphatic rings. The average molecular weight is 255 g/mol. The molecule has 0 saturated heterocycles. The van der Waals surface area contributed by atoms with E-state index in [0.717, 1.165) is 25.1 Å². The van der Waals surface area contributed by atoms with E-state index in [4.69, 9.17) is 5.73 Å². The Labute approximate surface area is 114 Å². The van der Waals surface area contributed by atoms with Crippen LogP contribution in [0.2, 0.25) is 0 Å². The van der Waals surface area contributed by atoms with E-state index >= 15 is 0 Å². The highest BCUT2D eigenvalue weighted by Crippen LogP contribution is 2.27. The van der Waals surface area contributed by atoms with E-state index in [1.54, 1.807) is 0 Å². The fourth-order valence-corrected chi connectivity index (χ4v) is 2.76. The smallest absolute Gasteiger partial charge is 0.0956 e. The van der Waals surface area contributed by atoms with Crippen molar-refractivity contribution in [2.24, 2.45) is 5.73 Å². The number of nitrogens with two attached hydrogens (primary N) is 1. The Morgan fingerprint density at radius 2 is 2.00 bits per heavy atom. The fraction of sp³-hybridized carbons (Fsp3) is 0.438. The largest absolute Gasteiger partial charge is 0.332 e. The van der Waals surface area contributed by atoms with E-state index in [9.17, 15) is 0 Å². The van der Waals surface area contributed by atoms with Crippen molar-refractivity contribution in [3.05, 3.63) is 41.9 Å². The Kier molecular flexibility index (Phi) is 3.15. The van der Waals surface area contributed by atoms with E-state index in [1.807, 2.05) is 6.33 Å². The minimum Gasteiger partial charge on any atom is -0.332 e. The molecule has 0 spiro atoms. The SMILES string of the molecule is CC(C)c1ccc(-c2ncn3c2CCC(N)C3)cc1. The Bertz CT molecular complexity index is 566. The second kappa shape index (κ2) is 4.82. The van der Waals surface area contributed by atoms with Gasteiger partial charge < -0.3 is 10.3 Å². The standard InChI is InChI=1S/C16H21N3/c1-11(2)12-3-5-13(6-4-12)16-15-8-7-14(17)9-19(15)10-18-16/h3-6,10-11,14H,7-9,17H2,1-2H3. The lowest BCUT2D eigenvalue weighted by molar-refractivity contribution is 0.461. The maximum atomic E-state index is 6.00. The van der Waals surface area contributed by atoms with Crippen LogP contribution in [0.15, 0.2) is 30.6 Å². The van der Waals surface area contributed by atoms with Crippen LogP contribution in [0, 0.1) is 0 Å². The van der Waals surface area contributed by atoms with E-state index in [2.05, 4.69) is 47.7 Å². The zero-order chi connectivity index (χ0) is 13.4. The van der Waals surface area contributed by atoms with Crippen molar-refractivity contribution in [2.75, 3.05) is 0 Å². The van der Waals surface area contributed by atoms with Gasteiger partial charge in [-0.25, -0.2) is 4.98 Å². The molecule has 0 fully saturated rings. The molecule has 1 unspecified atom stereocenters. The first kappa shape index (κ1) is 12.4. The van der Waals surface area contributed by atoms with Gasteiger partial charge in [-0.05, 0) is 24.3 Å². The first-order chi connectivity index (χ1) is 9.15. The van der Waals surface area contributed by atoms with Gasteiger partial charge in [0.1, 0.15) is 0 Å². The third-order valence-corrected chi connectivity index (χ3v) is 3.98. The number of hydrogen-bond donors (Lipinski definition) is 1. The lowest BCUT2D eigenvalue weighted by atomic mass is 9.98. The first-order valence-corrected chi connectivity index (χ1v) is 7.05. The van der Waals surface area contributed by atoms with Crippen molar-refractivity contribution < 1.29 is 0 Å². The molecule has 3 nitrogen and oxygen atoms in total. The lowest BCUT2D eigenvalue weighted by Gasteiger charge is -2.21. The Balaban J connectivity index is 1.94. The quantitative estimate of drug-likeness (QED) is 0.896. The van der Waals surface area contributed by atoms with Crippen molar-refractivity contribution in [3.8, 4) is 11.3 Å². The summed E-state index contributed by atoms with van der Waals surface area (Å²) in [6, 6.07) is 9.07. The molecule has 0 bridgehead atoms. The van der Waals surface area contributed by atoms with Crippen LogP contribution < -0.4 is 5.73 Å². The molecule has 1 aromatic heterocycles. The number of imidazole rings is 1. The highest BCUT2D eigenvalue weighted by atomic mass is 15.1. The van der Waals surface area contributed by atoms with Gasteiger partial charge in [-0.1, -0.05) is 38.1 Å². The van der Waals surface area contributed by atoms with Gasteiger partial charge in [-0.2, -0.15) is 0 Å². The highest BCUT2D eigenvalue weighted by molar-refractivity contribution is 5.62. The van der Waals surface area contributed by atoms with Gasteiger partial charge in [0.25, 0.3) is 0 Å². The zero-order valence-electron chi connectivity index (χ0n) is 11.6. The molecule has 0 saturated carbocycles. The summed E-state index contributed by atoms with van der Waals surface area (Å²) >= 11 is 0. The summed E-state index contributed by atoms with van der Waals surface area (Å²) in [5.74, 6) is 0.572. The first-order valence-electron chi connectivity index (χ1n) is 7.05. The van der Waals surface area contributed by atoms with Gasteiger partial charge in [-0.15, -0.1) is 0 Å². The molecular weight excluding hydrogens is 234 g/mol. The van der Waals surface area contributed by atoms with Gasteiger partial charge in [0, 0.05) is 23.8 Å². The number of fused-ring (bicyclic) bond motifs is 1. The lowest BCUT2D eigenvalue weighted by Crippen LogP contribution is -2.31. The van der Waals surface area contributed by atoms with Gasteiger partial charge >= 0.3 is 0 Å². The molecule has 3 heteroatoms. The molecule has 0 amide bonds. The highest BCUT2D eigenvalue weighted by Gasteiger charge is 2.19. The van der Waals surface area contributed by atoms with E-state index in [-0.39, 0.29) is 6.04 Å². The van der Waals surface area contributed by atoms with Crippen molar-refractivity contribution in [1.29, 1.82) is 0 Å². The zero-order valence-corrected chi connectivity index (χ0v) is 11.6. The normalized spacial score (nSPS) is 18.6. The molecule has 1 aromatic carbocycles. The molecule has 2 aromatic rings. The maximum Gasteiger partial charge on any atom is 0.0956 e. The molecule has 2 heterocycles. The van der Waals surface area contributed by atoms with Gasteiger partial charge in [0.2, 0.25) is 0 Å². The summed E-state index contributed by atoms with van der Waals surface area (Å²) in [5, 5.41) is 0. The van der Waals surface area contributed by atoms with Crippen LogP contribution in [0.1, 0.15) is 37.4 Å². The second-order valence-corrected chi connectivity index (χ2v) is 5.77. The van der Waals surface area contributed by atoms with Gasteiger partial charge in [0.05, 0.1) is 12.0 Å². The molecule has 1 aliphatic heterocycles. The van der Waals surface area contributed by atoms with Crippen LogP contribution >= 0.6 is 0 Å². The van der Waals surface area contributed by atoms with Crippen LogP contribution in [-0.2, 0) is 13.0 Å². The van der Waals surface area contributed by atoms with Crippen LogP contribution in [0.5, 0.6) is 0 Å². The van der Waals surface area contributed by atoms with Gasteiger partial charge in [0.15, 0.2) is 0 Å². The minimum absolute atomic E-state index is 0.276. The minimum atomic E-state index is 0.276. The third-order valence-electron chi connectivity index (χ3n) is 3.98. The number of benzene rings is 1. The maximum absolute atomic E-state index is 6.00. The fourth-order valence-electron chi connectivity index (χ4n) is 2.76. The Morgan fingerprint density at radius 1 is 1.26 bits per heavy atom. The van der Waals surface area contributed by atoms with Crippen molar-refractivity contribution in [1.82, 2.24) is 9.55 Å². The summed E-state index contributed by atoms with van der Waals surface area (Å²) in [5.41, 5.74) is 11.1. The molecule has 19 heavy (non-hydrogen) atoms. The molecular formula is C16H21N3.